The highest BCUT2D eigenvalue weighted by molar-refractivity contribution is 5.97. The molecule has 4 rings (SSSR count). The van der Waals surface area contributed by atoms with Gasteiger partial charge in [-0.1, -0.05) is 54.6 Å². The molecule has 1 aliphatic heterocycles. The Morgan fingerprint density at radius 2 is 1.30 bits per heavy atom. The van der Waals surface area contributed by atoms with Crippen LogP contribution in [0.4, 0.5) is 13.2 Å². The first-order chi connectivity index (χ1) is 17.6. The minimum Gasteiger partial charge on any atom is -0.338 e. The minimum absolute atomic E-state index is 0.107. The second-order valence-corrected chi connectivity index (χ2v) is 8.82. The molecule has 0 atom stereocenters. The molecule has 0 bridgehead atoms. The number of rotatable bonds is 5. The lowest BCUT2D eigenvalue weighted by Crippen LogP contribution is -2.52. The third-order valence-corrected chi connectivity index (χ3v) is 6.34. The highest BCUT2D eigenvalue weighted by atomic mass is 19.4. The fourth-order valence-electron chi connectivity index (χ4n) is 4.28. The molecule has 0 unspecified atom stereocenters. The van der Waals surface area contributed by atoms with Crippen LogP contribution in [0.15, 0.2) is 78.9 Å². The van der Waals surface area contributed by atoms with Crippen LogP contribution in [0.1, 0.15) is 26.3 Å². The molecule has 192 valence electrons. The van der Waals surface area contributed by atoms with Crippen LogP contribution in [-0.2, 0) is 11.0 Å². The van der Waals surface area contributed by atoms with E-state index in [0.717, 1.165) is 23.3 Å². The van der Waals surface area contributed by atoms with Crippen LogP contribution in [0, 0.1) is 0 Å². The van der Waals surface area contributed by atoms with Crippen molar-refractivity contribution in [3.8, 4) is 11.1 Å². The van der Waals surface area contributed by atoms with Gasteiger partial charge in [0.2, 0.25) is 5.91 Å². The molecule has 0 radical (unpaired) electrons. The largest absolute Gasteiger partial charge is 0.417 e. The Morgan fingerprint density at radius 3 is 1.92 bits per heavy atom. The summed E-state index contributed by atoms with van der Waals surface area (Å²) in [5.74, 6) is -1.31. The summed E-state index contributed by atoms with van der Waals surface area (Å²) in [7, 11) is 1.54. The maximum atomic E-state index is 13.3. The van der Waals surface area contributed by atoms with Gasteiger partial charge in [-0.3, -0.25) is 14.4 Å². The number of hydrogen-bond acceptors (Lipinski definition) is 3. The molecule has 3 amide bonds. The van der Waals surface area contributed by atoms with Gasteiger partial charge < -0.3 is 14.7 Å². The summed E-state index contributed by atoms with van der Waals surface area (Å²) in [4.78, 5) is 42.5. The highest BCUT2D eigenvalue weighted by Gasteiger charge is 2.36. The lowest BCUT2D eigenvalue weighted by atomic mass is 10.0. The normalized spacial score (nSPS) is 13.8. The van der Waals surface area contributed by atoms with Gasteiger partial charge in [0.1, 0.15) is 0 Å². The summed E-state index contributed by atoms with van der Waals surface area (Å²) in [6.45, 7) is 0.411. The smallest absolute Gasteiger partial charge is 0.338 e. The average molecular weight is 510 g/mol. The van der Waals surface area contributed by atoms with E-state index in [-0.39, 0.29) is 44.5 Å². The van der Waals surface area contributed by atoms with E-state index in [2.05, 4.69) is 0 Å². The third kappa shape index (κ3) is 5.99. The summed E-state index contributed by atoms with van der Waals surface area (Å²) in [6.07, 6.45) is -4.64. The van der Waals surface area contributed by atoms with Gasteiger partial charge in [-0.15, -0.1) is 0 Å². The number of carbonyl (C=O) groups is 3. The first kappa shape index (κ1) is 25.9. The molecule has 37 heavy (non-hydrogen) atoms. The van der Waals surface area contributed by atoms with Crippen molar-refractivity contribution in [1.29, 1.82) is 0 Å². The van der Waals surface area contributed by atoms with E-state index < -0.39 is 23.2 Å². The number of carbonyl (C=O) groups excluding carboxylic acids is 3. The van der Waals surface area contributed by atoms with Gasteiger partial charge in [0.05, 0.1) is 17.7 Å². The minimum atomic E-state index is -4.64. The van der Waals surface area contributed by atoms with Gasteiger partial charge in [0.25, 0.3) is 11.8 Å². The Balaban J connectivity index is 1.32. The van der Waals surface area contributed by atoms with E-state index in [4.69, 9.17) is 0 Å². The molecule has 3 aromatic carbocycles. The molecule has 6 nitrogen and oxygen atoms in total. The lowest BCUT2D eigenvalue weighted by molar-refractivity contribution is -0.138. The van der Waals surface area contributed by atoms with Crippen LogP contribution in [-0.4, -0.2) is 72.2 Å². The average Bonchev–Trinajstić information content (AvgIpc) is 2.92. The van der Waals surface area contributed by atoms with E-state index in [1.807, 2.05) is 42.5 Å². The molecular weight excluding hydrogens is 483 g/mol. The second kappa shape index (κ2) is 10.9. The molecule has 3 aromatic rings. The van der Waals surface area contributed by atoms with E-state index in [9.17, 15) is 27.6 Å². The van der Waals surface area contributed by atoms with E-state index in [0.29, 0.717) is 5.56 Å². The van der Waals surface area contributed by atoms with Crippen LogP contribution in [0.5, 0.6) is 0 Å². The van der Waals surface area contributed by atoms with Crippen LogP contribution in [0.25, 0.3) is 11.1 Å². The van der Waals surface area contributed by atoms with Gasteiger partial charge in [0.15, 0.2) is 0 Å². The monoisotopic (exact) mass is 509 g/mol. The number of alkyl halides is 3. The fourth-order valence-corrected chi connectivity index (χ4v) is 4.28. The number of benzene rings is 3. The molecule has 0 saturated carbocycles. The zero-order chi connectivity index (χ0) is 26.6. The van der Waals surface area contributed by atoms with Crippen molar-refractivity contribution in [2.24, 2.45) is 0 Å². The molecule has 1 fully saturated rings. The van der Waals surface area contributed by atoms with Crippen LogP contribution < -0.4 is 0 Å². The molecule has 0 aliphatic carbocycles. The van der Waals surface area contributed by atoms with E-state index in [1.165, 1.54) is 26.8 Å². The molecular formula is C28H26F3N3O3. The fraction of sp³-hybridized carbons (Fsp3) is 0.250. The van der Waals surface area contributed by atoms with Gasteiger partial charge in [0, 0.05) is 38.8 Å². The molecule has 0 N–H and O–H groups in total. The Morgan fingerprint density at radius 1 is 0.757 bits per heavy atom. The second-order valence-electron chi connectivity index (χ2n) is 8.82. The van der Waals surface area contributed by atoms with Gasteiger partial charge in [-0.05, 0) is 35.4 Å². The van der Waals surface area contributed by atoms with E-state index in [1.54, 1.807) is 19.2 Å². The predicted molar refractivity (Wildman–Crippen MR) is 133 cm³/mol. The van der Waals surface area contributed by atoms with Crippen molar-refractivity contribution >= 4 is 17.7 Å². The first-order valence-electron chi connectivity index (χ1n) is 11.8. The third-order valence-electron chi connectivity index (χ3n) is 6.34. The standard InChI is InChI=1S/C28H26F3N3O3/c1-32(26(36)22-13-11-21(12-14-22)20-7-3-2-4-8-20)19-25(35)33-15-17-34(18-16-33)27(37)23-9-5-6-10-24(23)28(29,30)31/h2-14H,15-19H2,1H3. The summed E-state index contributed by atoms with van der Waals surface area (Å²) in [6, 6.07) is 21.6. The molecule has 1 saturated heterocycles. The van der Waals surface area contributed by atoms with Crippen LogP contribution >= 0.6 is 0 Å². The van der Waals surface area contributed by atoms with Gasteiger partial charge in [-0.25, -0.2) is 0 Å². The van der Waals surface area contributed by atoms with Crippen molar-refractivity contribution in [3.05, 3.63) is 95.6 Å². The SMILES string of the molecule is CN(CC(=O)N1CCN(C(=O)c2ccccc2C(F)(F)F)CC1)C(=O)c1ccc(-c2ccccc2)cc1. The Labute approximate surface area is 212 Å². The maximum Gasteiger partial charge on any atom is 0.417 e. The maximum absolute atomic E-state index is 13.3. The number of hydrogen-bond donors (Lipinski definition) is 0. The topological polar surface area (TPSA) is 60.9 Å². The Kier molecular flexibility index (Phi) is 7.61. The number of halogens is 3. The van der Waals surface area contributed by atoms with Crippen molar-refractivity contribution < 1.29 is 27.6 Å². The zero-order valence-corrected chi connectivity index (χ0v) is 20.2. The summed E-state index contributed by atoms with van der Waals surface area (Å²) < 4.78 is 39.9. The van der Waals surface area contributed by atoms with Gasteiger partial charge >= 0.3 is 6.18 Å². The van der Waals surface area contributed by atoms with Crippen LogP contribution in [0.3, 0.4) is 0 Å². The Bertz CT molecular complexity index is 1270. The van der Waals surface area contributed by atoms with Crippen molar-refractivity contribution in [2.45, 2.75) is 6.18 Å². The van der Waals surface area contributed by atoms with E-state index >= 15 is 0 Å². The lowest BCUT2D eigenvalue weighted by Gasteiger charge is -2.35. The summed E-state index contributed by atoms with van der Waals surface area (Å²) in [5.41, 5.74) is 1.08. The molecule has 1 heterocycles. The number of nitrogens with zero attached hydrogens (tertiary/aromatic N) is 3. The van der Waals surface area contributed by atoms with Crippen molar-refractivity contribution in [2.75, 3.05) is 39.8 Å². The first-order valence-corrected chi connectivity index (χ1v) is 11.8. The van der Waals surface area contributed by atoms with Crippen LogP contribution in [0.2, 0.25) is 0 Å². The quantitative estimate of drug-likeness (QED) is 0.512. The van der Waals surface area contributed by atoms with Crippen molar-refractivity contribution in [1.82, 2.24) is 14.7 Å². The molecule has 9 heteroatoms. The number of likely N-dealkylation sites (N-methyl/N-ethyl adjacent to an activating group) is 1. The highest BCUT2D eigenvalue weighted by Crippen LogP contribution is 2.32. The molecule has 0 spiro atoms. The Hall–Kier alpha value is -4.14. The summed E-state index contributed by atoms with van der Waals surface area (Å²) >= 11 is 0. The molecule has 1 aliphatic rings. The summed E-state index contributed by atoms with van der Waals surface area (Å²) in [5, 5.41) is 0. The van der Waals surface area contributed by atoms with Gasteiger partial charge in [-0.2, -0.15) is 13.2 Å². The predicted octanol–water partition coefficient (Wildman–Crippen LogP) is 4.43. The number of piperazine rings is 1. The number of amides is 3. The zero-order valence-electron chi connectivity index (χ0n) is 20.2. The molecule has 0 aromatic heterocycles. The van der Waals surface area contributed by atoms with Crippen molar-refractivity contribution in [3.63, 3.8) is 0 Å².